The molecule has 1 aromatic carbocycles. The van der Waals surface area contributed by atoms with Gasteiger partial charge in [-0.15, -0.1) is 11.3 Å². The van der Waals surface area contributed by atoms with Gasteiger partial charge in [-0.1, -0.05) is 6.07 Å². The van der Waals surface area contributed by atoms with E-state index in [4.69, 9.17) is 0 Å². The van der Waals surface area contributed by atoms with Crippen LogP contribution in [-0.2, 0) is 14.8 Å². The standard InChI is InChI=1S/C17H19F2N3O3S2/c1-12(17(23)20-15-11-13(18)4-5-14(15)19)21-6-8-22(9-7-21)27(24,25)16-3-2-10-26-16/h2-5,10-12H,6-9H2,1H3,(H,20,23)/t12-/m1/s1. The van der Waals surface area contributed by atoms with E-state index in [1.807, 2.05) is 4.90 Å². The smallest absolute Gasteiger partial charge is 0.252 e. The first-order valence-electron chi connectivity index (χ1n) is 8.32. The Kier molecular flexibility index (Phi) is 5.89. The Hall–Kier alpha value is -1.88. The van der Waals surface area contributed by atoms with Crippen LogP contribution in [0.15, 0.2) is 39.9 Å². The molecule has 1 amide bonds. The van der Waals surface area contributed by atoms with Crippen molar-refractivity contribution in [1.82, 2.24) is 9.21 Å². The summed E-state index contributed by atoms with van der Waals surface area (Å²) in [5.74, 6) is -1.84. The average Bonchev–Trinajstić information content (AvgIpc) is 3.20. The first-order valence-corrected chi connectivity index (χ1v) is 10.6. The number of hydrogen-bond acceptors (Lipinski definition) is 5. The van der Waals surface area contributed by atoms with E-state index in [0.29, 0.717) is 17.3 Å². The number of halogens is 2. The van der Waals surface area contributed by atoms with Crippen LogP contribution in [0.1, 0.15) is 6.92 Å². The minimum absolute atomic E-state index is 0.217. The molecule has 27 heavy (non-hydrogen) atoms. The molecule has 0 spiro atoms. The number of anilines is 1. The molecule has 3 rings (SSSR count). The minimum atomic E-state index is -3.51. The summed E-state index contributed by atoms with van der Waals surface area (Å²) in [5, 5.41) is 4.10. The van der Waals surface area contributed by atoms with Crippen LogP contribution >= 0.6 is 11.3 Å². The van der Waals surface area contributed by atoms with E-state index in [9.17, 15) is 22.0 Å². The first kappa shape index (κ1) is 19.9. The van der Waals surface area contributed by atoms with Crippen molar-refractivity contribution in [3.05, 3.63) is 47.3 Å². The van der Waals surface area contributed by atoms with Crippen LogP contribution in [0, 0.1) is 11.6 Å². The lowest BCUT2D eigenvalue weighted by Gasteiger charge is -2.36. The zero-order valence-electron chi connectivity index (χ0n) is 14.6. The predicted octanol–water partition coefficient (Wildman–Crippen LogP) is 2.36. The van der Waals surface area contributed by atoms with Gasteiger partial charge in [0.25, 0.3) is 10.0 Å². The van der Waals surface area contributed by atoms with Crippen LogP contribution in [-0.4, -0.2) is 55.8 Å². The molecule has 1 aromatic heterocycles. The van der Waals surface area contributed by atoms with Gasteiger partial charge in [-0.05, 0) is 30.5 Å². The molecular formula is C17H19F2N3O3S2. The number of thiophene rings is 1. The third-order valence-corrected chi connectivity index (χ3v) is 7.75. The lowest BCUT2D eigenvalue weighted by molar-refractivity contribution is -0.121. The molecule has 0 bridgehead atoms. The predicted molar refractivity (Wildman–Crippen MR) is 99.1 cm³/mol. The number of piperazine rings is 1. The molecule has 1 aliphatic heterocycles. The maximum absolute atomic E-state index is 13.7. The van der Waals surface area contributed by atoms with Gasteiger partial charge in [0.05, 0.1) is 11.7 Å². The molecule has 10 heteroatoms. The van der Waals surface area contributed by atoms with Crippen LogP contribution in [0.2, 0.25) is 0 Å². The van der Waals surface area contributed by atoms with Crippen molar-refractivity contribution < 1.29 is 22.0 Å². The Morgan fingerprint density at radius 1 is 1.19 bits per heavy atom. The number of amides is 1. The third-order valence-electron chi connectivity index (χ3n) is 4.48. The first-order chi connectivity index (χ1) is 12.8. The summed E-state index contributed by atoms with van der Waals surface area (Å²) in [4.78, 5) is 14.2. The van der Waals surface area contributed by atoms with Crippen LogP contribution < -0.4 is 5.32 Å². The molecule has 1 saturated heterocycles. The maximum Gasteiger partial charge on any atom is 0.252 e. The zero-order valence-corrected chi connectivity index (χ0v) is 16.2. The van der Waals surface area contributed by atoms with Crippen molar-refractivity contribution in [3.63, 3.8) is 0 Å². The van der Waals surface area contributed by atoms with Gasteiger partial charge < -0.3 is 5.32 Å². The highest BCUT2D eigenvalue weighted by atomic mass is 32.2. The summed E-state index contributed by atoms with van der Waals surface area (Å²) in [6, 6.07) is 5.48. The normalized spacial score (nSPS) is 17.6. The van der Waals surface area contributed by atoms with E-state index in [0.717, 1.165) is 18.2 Å². The van der Waals surface area contributed by atoms with Crippen molar-refractivity contribution >= 4 is 33.0 Å². The lowest BCUT2D eigenvalue weighted by Crippen LogP contribution is -2.53. The quantitative estimate of drug-likeness (QED) is 0.814. The van der Waals surface area contributed by atoms with E-state index >= 15 is 0 Å². The second kappa shape index (κ2) is 8.01. The zero-order chi connectivity index (χ0) is 19.6. The van der Waals surface area contributed by atoms with E-state index < -0.39 is 33.6 Å². The van der Waals surface area contributed by atoms with Crippen LogP contribution in [0.3, 0.4) is 0 Å². The molecule has 2 heterocycles. The van der Waals surface area contributed by atoms with Gasteiger partial charge in [-0.2, -0.15) is 4.31 Å². The number of benzene rings is 1. The summed E-state index contributed by atoms with van der Waals surface area (Å²) in [6.45, 7) is 2.89. The molecule has 6 nitrogen and oxygen atoms in total. The fourth-order valence-electron chi connectivity index (χ4n) is 2.87. The monoisotopic (exact) mass is 415 g/mol. The number of sulfonamides is 1. The number of rotatable bonds is 5. The van der Waals surface area contributed by atoms with Crippen LogP contribution in [0.5, 0.6) is 0 Å². The van der Waals surface area contributed by atoms with Gasteiger partial charge in [-0.25, -0.2) is 17.2 Å². The average molecular weight is 415 g/mol. The van der Waals surface area contributed by atoms with Crippen LogP contribution in [0.4, 0.5) is 14.5 Å². The Labute approximate surface area is 160 Å². The molecule has 1 N–H and O–H groups in total. The number of nitrogens with zero attached hydrogens (tertiary/aromatic N) is 2. The van der Waals surface area contributed by atoms with Crippen molar-refractivity contribution in [1.29, 1.82) is 0 Å². The molecule has 2 aromatic rings. The molecule has 0 unspecified atom stereocenters. The van der Waals surface area contributed by atoms with E-state index in [2.05, 4.69) is 5.32 Å². The second-order valence-electron chi connectivity index (χ2n) is 6.16. The molecule has 0 aliphatic carbocycles. The Bertz CT molecular complexity index is 912. The molecule has 1 atom stereocenters. The van der Waals surface area contributed by atoms with E-state index in [1.54, 1.807) is 24.4 Å². The van der Waals surface area contributed by atoms with Gasteiger partial charge in [0, 0.05) is 32.2 Å². The van der Waals surface area contributed by atoms with Crippen LogP contribution in [0.25, 0.3) is 0 Å². The number of carbonyl (C=O) groups is 1. The lowest BCUT2D eigenvalue weighted by atomic mass is 10.2. The highest BCUT2D eigenvalue weighted by Crippen LogP contribution is 2.23. The molecule has 0 saturated carbocycles. The maximum atomic E-state index is 13.7. The van der Waals surface area contributed by atoms with Crippen molar-refractivity contribution in [2.45, 2.75) is 17.2 Å². The minimum Gasteiger partial charge on any atom is -0.322 e. The third kappa shape index (κ3) is 4.34. The summed E-state index contributed by atoms with van der Waals surface area (Å²) < 4.78 is 53.7. The molecule has 0 radical (unpaired) electrons. The van der Waals surface area contributed by atoms with Crippen molar-refractivity contribution in [2.75, 3.05) is 31.5 Å². The van der Waals surface area contributed by atoms with E-state index in [1.165, 1.54) is 15.6 Å². The fraction of sp³-hybridized carbons (Fsp3) is 0.353. The summed E-state index contributed by atoms with van der Waals surface area (Å²) in [7, 11) is -3.51. The summed E-state index contributed by atoms with van der Waals surface area (Å²) >= 11 is 1.17. The molecule has 146 valence electrons. The summed E-state index contributed by atoms with van der Waals surface area (Å²) in [5.41, 5.74) is -0.217. The van der Waals surface area contributed by atoms with Crippen molar-refractivity contribution in [2.24, 2.45) is 0 Å². The number of carbonyl (C=O) groups excluding carboxylic acids is 1. The second-order valence-corrected chi connectivity index (χ2v) is 9.27. The Morgan fingerprint density at radius 2 is 1.89 bits per heavy atom. The largest absolute Gasteiger partial charge is 0.322 e. The molecule has 1 aliphatic rings. The molecule has 1 fully saturated rings. The van der Waals surface area contributed by atoms with Gasteiger partial charge in [0.2, 0.25) is 5.91 Å². The Balaban J connectivity index is 1.60. The highest BCUT2D eigenvalue weighted by Gasteiger charge is 2.32. The fourth-order valence-corrected chi connectivity index (χ4v) is 5.43. The topological polar surface area (TPSA) is 69.7 Å². The highest BCUT2D eigenvalue weighted by molar-refractivity contribution is 7.91. The number of hydrogen-bond donors (Lipinski definition) is 1. The van der Waals surface area contributed by atoms with Gasteiger partial charge in [-0.3, -0.25) is 9.69 Å². The summed E-state index contributed by atoms with van der Waals surface area (Å²) in [6.07, 6.45) is 0. The number of nitrogens with one attached hydrogen (secondary N) is 1. The molecular weight excluding hydrogens is 396 g/mol. The van der Waals surface area contributed by atoms with Gasteiger partial charge in [0.15, 0.2) is 0 Å². The van der Waals surface area contributed by atoms with Gasteiger partial charge >= 0.3 is 0 Å². The Morgan fingerprint density at radius 3 is 2.52 bits per heavy atom. The van der Waals surface area contributed by atoms with E-state index in [-0.39, 0.29) is 18.8 Å². The SMILES string of the molecule is C[C@H](C(=O)Nc1cc(F)ccc1F)N1CCN(S(=O)(=O)c2cccs2)CC1. The van der Waals surface area contributed by atoms with Gasteiger partial charge in [0.1, 0.15) is 15.8 Å². The van der Waals surface area contributed by atoms with Crippen molar-refractivity contribution in [3.8, 4) is 0 Å².